The lowest BCUT2D eigenvalue weighted by Crippen LogP contribution is -2.33. The molecule has 0 spiro atoms. The first kappa shape index (κ1) is 17.2. The molecule has 5 heteroatoms. The topological polar surface area (TPSA) is 41.9 Å². The summed E-state index contributed by atoms with van der Waals surface area (Å²) in [6.45, 7) is 12.2. The van der Waals surface area contributed by atoms with Crippen molar-refractivity contribution in [1.82, 2.24) is 4.90 Å². The zero-order chi connectivity index (χ0) is 13.1. The van der Waals surface area contributed by atoms with E-state index in [2.05, 4.69) is 18.7 Å². The van der Waals surface area contributed by atoms with Crippen molar-refractivity contribution < 1.29 is 14.0 Å². The van der Waals surface area contributed by atoms with Crippen LogP contribution >= 0.6 is 12.0 Å². The van der Waals surface area contributed by atoms with E-state index >= 15 is 0 Å². The van der Waals surface area contributed by atoms with E-state index < -0.39 is 0 Å². The monoisotopic (exact) mass is 265 g/mol. The lowest BCUT2D eigenvalue weighted by atomic mass is 10.4. The molecule has 104 valence electrons. The average Bonchev–Trinajstić information content (AvgIpc) is 2.23. The van der Waals surface area contributed by atoms with Gasteiger partial charge in [0.2, 0.25) is 0 Å². The molecule has 0 aromatic rings. The van der Waals surface area contributed by atoms with Gasteiger partial charge >= 0.3 is 0 Å². The van der Waals surface area contributed by atoms with Crippen molar-refractivity contribution >= 4 is 12.0 Å². The maximum Gasteiger partial charge on any atom is 0.0741 e. The number of aliphatic hydroxyl groups is 1. The van der Waals surface area contributed by atoms with Gasteiger partial charge in [0.15, 0.2) is 0 Å². The Morgan fingerprint density at radius 2 is 1.71 bits per heavy atom. The van der Waals surface area contributed by atoms with Crippen LogP contribution in [0.2, 0.25) is 0 Å². The summed E-state index contributed by atoms with van der Waals surface area (Å²) in [5, 5.41) is 9.45. The van der Waals surface area contributed by atoms with Crippen molar-refractivity contribution in [2.24, 2.45) is 0 Å². The molecule has 0 aliphatic carbocycles. The molecular formula is C12H27NO3S. The van der Waals surface area contributed by atoms with Crippen LogP contribution in [0.1, 0.15) is 27.7 Å². The van der Waals surface area contributed by atoms with Crippen LogP contribution in [0.5, 0.6) is 0 Å². The minimum Gasteiger partial charge on any atom is -0.395 e. The molecule has 0 bridgehead atoms. The van der Waals surface area contributed by atoms with E-state index in [0.29, 0.717) is 25.0 Å². The van der Waals surface area contributed by atoms with Crippen molar-refractivity contribution in [3.8, 4) is 0 Å². The summed E-state index contributed by atoms with van der Waals surface area (Å²) in [7, 11) is 0. The van der Waals surface area contributed by atoms with Gasteiger partial charge in [0, 0.05) is 24.9 Å². The fourth-order valence-electron chi connectivity index (χ4n) is 1.24. The lowest BCUT2D eigenvalue weighted by Gasteiger charge is -2.21. The standard InChI is InChI=1S/C12H27NO3S/c1-11(2)15-9-6-13(5-8-14)7-10-16-17-12(3)4/h11-12,14H,5-10H2,1-4H3. The third-order valence-electron chi connectivity index (χ3n) is 2.03. The van der Waals surface area contributed by atoms with Crippen LogP contribution in [0.15, 0.2) is 0 Å². The maximum absolute atomic E-state index is 8.96. The molecule has 0 aromatic carbocycles. The van der Waals surface area contributed by atoms with Gasteiger partial charge in [-0.15, -0.1) is 0 Å². The Bertz CT molecular complexity index is 168. The van der Waals surface area contributed by atoms with Crippen LogP contribution in [0.4, 0.5) is 0 Å². The normalized spacial score (nSPS) is 12.0. The van der Waals surface area contributed by atoms with Crippen LogP contribution in [-0.2, 0) is 8.92 Å². The zero-order valence-electron chi connectivity index (χ0n) is 11.5. The molecular weight excluding hydrogens is 238 g/mol. The number of hydrogen-bond acceptors (Lipinski definition) is 5. The molecule has 0 atom stereocenters. The Labute approximate surface area is 110 Å². The lowest BCUT2D eigenvalue weighted by molar-refractivity contribution is 0.0527. The van der Waals surface area contributed by atoms with Crippen LogP contribution < -0.4 is 0 Å². The molecule has 0 heterocycles. The fourth-order valence-corrected chi connectivity index (χ4v) is 1.69. The van der Waals surface area contributed by atoms with Crippen molar-refractivity contribution in [2.75, 3.05) is 39.5 Å². The highest BCUT2D eigenvalue weighted by Crippen LogP contribution is 2.09. The maximum atomic E-state index is 8.96. The van der Waals surface area contributed by atoms with E-state index in [4.69, 9.17) is 14.0 Å². The smallest absolute Gasteiger partial charge is 0.0741 e. The SMILES string of the molecule is CC(C)OCCN(CCO)CCOSC(C)C. The van der Waals surface area contributed by atoms with Crippen molar-refractivity contribution in [3.63, 3.8) is 0 Å². The van der Waals surface area contributed by atoms with Crippen molar-refractivity contribution in [1.29, 1.82) is 0 Å². The molecule has 0 radical (unpaired) electrons. The van der Waals surface area contributed by atoms with E-state index in [0.717, 1.165) is 13.1 Å². The highest BCUT2D eigenvalue weighted by atomic mass is 32.2. The first-order valence-electron chi connectivity index (χ1n) is 6.29. The van der Waals surface area contributed by atoms with Crippen molar-refractivity contribution in [3.05, 3.63) is 0 Å². The molecule has 0 unspecified atom stereocenters. The predicted octanol–water partition coefficient (Wildman–Crippen LogP) is 1.78. The molecule has 4 nitrogen and oxygen atoms in total. The summed E-state index contributed by atoms with van der Waals surface area (Å²) < 4.78 is 10.9. The van der Waals surface area contributed by atoms with E-state index in [9.17, 15) is 0 Å². The van der Waals surface area contributed by atoms with Crippen molar-refractivity contribution in [2.45, 2.75) is 39.0 Å². The second-order valence-electron chi connectivity index (χ2n) is 4.45. The van der Waals surface area contributed by atoms with Gasteiger partial charge in [0.1, 0.15) is 0 Å². The van der Waals surface area contributed by atoms with Gasteiger partial charge in [-0.05, 0) is 25.9 Å². The second-order valence-corrected chi connectivity index (χ2v) is 5.82. The summed E-state index contributed by atoms with van der Waals surface area (Å²) in [6, 6.07) is 0. The second kappa shape index (κ2) is 11.3. The molecule has 0 aliphatic heterocycles. The van der Waals surface area contributed by atoms with Crippen LogP contribution in [0.25, 0.3) is 0 Å². The largest absolute Gasteiger partial charge is 0.395 e. The van der Waals surface area contributed by atoms with Gasteiger partial charge in [-0.25, -0.2) is 0 Å². The number of ether oxygens (including phenoxy) is 1. The molecule has 0 aliphatic rings. The minimum absolute atomic E-state index is 0.180. The Morgan fingerprint density at radius 1 is 1.06 bits per heavy atom. The zero-order valence-corrected chi connectivity index (χ0v) is 12.3. The Balaban J connectivity index is 3.59. The molecule has 17 heavy (non-hydrogen) atoms. The van der Waals surface area contributed by atoms with E-state index in [1.54, 1.807) is 0 Å². The molecule has 0 amide bonds. The van der Waals surface area contributed by atoms with Gasteiger partial charge in [0.05, 0.1) is 25.9 Å². The van der Waals surface area contributed by atoms with Crippen LogP contribution in [-0.4, -0.2) is 60.8 Å². The predicted molar refractivity (Wildman–Crippen MR) is 73.3 cm³/mol. The molecule has 0 saturated heterocycles. The minimum atomic E-state index is 0.180. The Kier molecular flexibility index (Phi) is 11.4. The summed E-state index contributed by atoms with van der Waals surface area (Å²) >= 11 is 1.50. The highest BCUT2D eigenvalue weighted by molar-refractivity contribution is 7.95. The summed E-state index contributed by atoms with van der Waals surface area (Å²) in [5.74, 6) is 0. The summed E-state index contributed by atoms with van der Waals surface area (Å²) in [6.07, 6.45) is 0.263. The average molecular weight is 265 g/mol. The Hall–Kier alpha value is 0.190. The van der Waals surface area contributed by atoms with Gasteiger partial charge in [-0.1, -0.05) is 13.8 Å². The van der Waals surface area contributed by atoms with E-state index in [1.807, 2.05) is 13.8 Å². The molecule has 1 N–H and O–H groups in total. The third kappa shape index (κ3) is 12.4. The molecule has 0 rings (SSSR count). The van der Waals surface area contributed by atoms with Gasteiger partial charge < -0.3 is 14.0 Å². The Morgan fingerprint density at radius 3 is 2.24 bits per heavy atom. The molecule has 0 aromatic heterocycles. The van der Waals surface area contributed by atoms with Crippen LogP contribution in [0.3, 0.4) is 0 Å². The summed E-state index contributed by atoms with van der Waals surface area (Å²) in [5.41, 5.74) is 0. The third-order valence-corrected chi connectivity index (χ3v) is 2.71. The van der Waals surface area contributed by atoms with Gasteiger partial charge in [-0.3, -0.25) is 4.90 Å². The number of rotatable bonds is 11. The highest BCUT2D eigenvalue weighted by Gasteiger charge is 2.05. The first-order chi connectivity index (χ1) is 8.06. The number of hydrogen-bond donors (Lipinski definition) is 1. The van der Waals surface area contributed by atoms with E-state index in [1.165, 1.54) is 12.0 Å². The summed E-state index contributed by atoms with van der Waals surface area (Å²) in [4.78, 5) is 2.16. The first-order valence-corrected chi connectivity index (χ1v) is 7.09. The quantitative estimate of drug-likeness (QED) is 0.455. The molecule has 0 saturated carbocycles. The number of nitrogens with zero attached hydrogens (tertiary/aromatic N) is 1. The van der Waals surface area contributed by atoms with Gasteiger partial charge in [0.25, 0.3) is 0 Å². The number of aliphatic hydroxyl groups excluding tert-OH is 1. The molecule has 0 fully saturated rings. The van der Waals surface area contributed by atoms with Crippen LogP contribution in [0, 0.1) is 0 Å². The van der Waals surface area contributed by atoms with Gasteiger partial charge in [-0.2, -0.15) is 0 Å². The fraction of sp³-hybridized carbons (Fsp3) is 1.00. The van der Waals surface area contributed by atoms with E-state index in [-0.39, 0.29) is 12.7 Å².